The summed E-state index contributed by atoms with van der Waals surface area (Å²) in [5, 5.41) is 4.58. The van der Waals surface area contributed by atoms with Crippen molar-refractivity contribution in [2.45, 2.75) is 19.3 Å². The minimum Gasteiger partial charge on any atom is -0.278 e. The van der Waals surface area contributed by atoms with Crippen LogP contribution in [0.3, 0.4) is 0 Å². The van der Waals surface area contributed by atoms with E-state index in [9.17, 15) is 0 Å². The van der Waals surface area contributed by atoms with Crippen molar-refractivity contribution in [3.8, 4) is 56.7 Å². The second kappa shape index (κ2) is 12.7. The number of fused-ring (bicyclic) bond motifs is 9. The van der Waals surface area contributed by atoms with Gasteiger partial charge in [-0.25, -0.2) is 0 Å². The largest absolute Gasteiger partial charge is 0.278 e. The van der Waals surface area contributed by atoms with Gasteiger partial charge >= 0.3 is 0 Å². The third-order valence-corrected chi connectivity index (χ3v) is 12.4. The van der Waals surface area contributed by atoms with E-state index in [0.29, 0.717) is 17.7 Å². The quantitative estimate of drug-likeness (QED) is 0.176. The lowest BCUT2D eigenvalue weighted by Gasteiger charge is -2.21. The first-order chi connectivity index (χ1) is 29.0. The van der Waals surface area contributed by atoms with E-state index in [0.717, 1.165) is 49.2 Å². The molecule has 3 heterocycles. The van der Waals surface area contributed by atoms with E-state index in [1.165, 1.54) is 44.5 Å². The molecule has 0 spiro atoms. The molecule has 0 amide bonds. The molecule has 0 saturated heterocycles. The molecular formula is C54H37N5. The Labute approximate surface area is 341 Å². The Kier molecular flexibility index (Phi) is 7.20. The van der Waals surface area contributed by atoms with Gasteiger partial charge in [-0.1, -0.05) is 159 Å². The number of aromatic nitrogens is 5. The van der Waals surface area contributed by atoms with Gasteiger partial charge in [0.2, 0.25) is 11.9 Å². The van der Waals surface area contributed by atoms with Crippen molar-refractivity contribution in [2.75, 3.05) is 0 Å². The van der Waals surface area contributed by atoms with E-state index in [-0.39, 0.29) is 5.41 Å². The van der Waals surface area contributed by atoms with Gasteiger partial charge in [-0.15, -0.1) is 0 Å². The number of hydrogen-bond acceptors (Lipinski definition) is 3. The van der Waals surface area contributed by atoms with Crippen LogP contribution in [0.1, 0.15) is 25.0 Å². The maximum Gasteiger partial charge on any atom is 0.240 e. The van der Waals surface area contributed by atoms with Crippen LogP contribution in [0.25, 0.3) is 100 Å². The Morgan fingerprint density at radius 3 is 1.37 bits per heavy atom. The molecule has 0 bridgehead atoms. The number of para-hydroxylation sites is 2. The van der Waals surface area contributed by atoms with Crippen molar-refractivity contribution in [2.24, 2.45) is 0 Å². The number of rotatable bonds is 5. The molecule has 11 aromatic rings. The standard InChI is InChI=1S/C54H37N5/c1-54(2)45-22-12-9-19-39(45)40-28-25-38(33-46(40)54)51-55-52(58-47-23-13-10-20-41(47)43-31-36(26-29-49(43)58)34-15-5-3-6-16-34)57-53(56-51)59-48-24-14-11-21-42(48)44-32-37(27-30-50(44)59)35-17-7-4-8-18-35/h3-33H,1-2H3. The maximum absolute atomic E-state index is 5.44. The van der Waals surface area contributed by atoms with Crippen molar-refractivity contribution in [1.82, 2.24) is 24.1 Å². The molecule has 5 heteroatoms. The van der Waals surface area contributed by atoms with Gasteiger partial charge in [0.25, 0.3) is 0 Å². The van der Waals surface area contributed by atoms with Gasteiger partial charge < -0.3 is 0 Å². The van der Waals surface area contributed by atoms with Crippen LogP contribution in [-0.4, -0.2) is 24.1 Å². The third kappa shape index (κ3) is 5.08. The zero-order chi connectivity index (χ0) is 39.2. The Bertz CT molecular complexity index is 3290. The predicted molar refractivity (Wildman–Crippen MR) is 242 cm³/mol. The van der Waals surface area contributed by atoms with Crippen molar-refractivity contribution < 1.29 is 0 Å². The molecule has 0 N–H and O–H groups in total. The van der Waals surface area contributed by atoms with Gasteiger partial charge in [-0.2, -0.15) is 15.0 Å². The van der Waals surface area contributed by atoms with Crippen LogP contribution >= 0.6 is 0 Å². The molecule has 12 rings (SSSR count). The molecule has 0 unspecified atom stereocenters. The van der Waals surface area contributed by atoms with E-state index in [1.54, 1.807) is 0 Å². The normalized spacial score (nSPS) is 13.1. The second-order valence-electron chi connectivity index (χ2n) is 16.1. The maximum atomic E-state index is 5.44. The average Bonchev–Trinajstić information content (AvgIpc) is 3.89. The Hall–Kier alpha value is -7.63. The summed E-state index contributed by atoms with van der Waals surface area (Å²) >= 11 is 0. The summed E-state index contributed by atoms with van der Waals surface area (Å²) in [6, 6.07) is 67.2. The molecule has 5 nitrogen and oxygen atoms in total. The lowest BCUT2D eigenvalue weighted by atomic mass is 9.82. The fraction of sp³-hybridized carbons (Fsp3) is 0.0556. The third-order valence-electron chi connectivity index (χ3n) is 12.4. The number of benzene rings is 8. The number of hydrogen-bond donors (Lipinski definition) is 0. The molecule has 8 aromatic carbocycles. The Morgan fingerprint density at radius 1 is 0.339 bits per heavy atom. The summed E-state index contributed by atoms with van der Waals surface area (Å²) in [4.78, 5) is 16.2. The van der Waals surface area contributed by atoms with E-state index in [1.807, 2.05) is 0 Å². The van der Waals surface area contributed by atoms with Crippen molar-refractivity contribution in [1.29, 1.82) is 0 Å². The molecule has 278 valence electrons. The van der Waals surface area contributed by atoms with Crippen LogP contribution in [0.2, 0.25) is 0 Å². The highest BCUT2D eigenvalue weighted by atomic mass is 15.3. The lowest BCUT2D eigenvalue weighted by Crippen LogP contribution is -2.15. The van der Waals surface area contributed by atoms with Crippen molar-refractivity contribution in [3.05, 3.63) is 199 Å². The fourth-order valence-corrected chi connectivity index (χ4v) is 9.52. The first-order valence-corrected chi connectivity index (χ1v) is 20.2. The van der Waals surface area contributed by atoms with Gasteiger partial charge in [0.1, 0.15) is 0 Å². The zero-order valence-electron chi connectivity index (χ0n) is 32.6. The van der Waals surface area contributed by atoms with Gasteiger partial charge in [0.05, 0.1) is 22.1 Å². The second-order valence-corrected chi connectivity index (χ2v) is 16.1. The van der Waals surface area contributed by atoms with Crippen molar-refractivity contribution in [3.63, 3.8) is 0 Å². The zero-order valence-corrected chi connectivity index (χ0v) is 32.6. The molecule has 1 aliphatic rings. The molecular weight excluding hydrogens is 719 g/mol. The average molecular weight is 756 g/mol. The van der Waals surface area contributed by atoms with Crippen LogP contribution in [-0.2, 0) is 5.41 Å². The van der Waals surface area contributed by atoms with Crippen LogP contribution < -0.4 is 0 Å². The summed E-state index contributed by atoms with van der Waals surface area (Å²) in [5.41, 5.74) is 14.8. The first-order valence-electron chi connectivity index (χ1n) is 20.2. The SMILES string of the molecule is CC1(C)c2ccccc2-c2ccc(-c3nc(-n4c5ccccc5c5cc(-c6ccccc6)ccc54)nc(-n4c5ccccc5c5cc(-c6ccccc6)ccc54)n3)cc21. The van der Waals surface area contributed by atoms with E-state index in [4.69, 9.17) is 15.0 Å². The van der Waals surface area contributed by atoms with Crippen LogP contribution in [0, 0.1) is 0 Å². The summed E-state index contributed by atoms with van der Waals surface area (Å²) in [7, 11) is 0. The lowest BCUT2D eigenvalue weighted by molar-refractivity contribution is 0.660. The monoisotopic (exact) mass is 755 g/mol. The fourth-order valence-electron chi connectivity index (χ4n) is 9.52. The van der Waals surface area contributed by atoms with Crippen LogP contribution in [0.15, 0.2) is 188 Å². The summed E-state index contributed by atoms with van der Waals surface area (Å²) in [6.45, 7) is 4.63. The molecule has 3 aromatic heterocycles. The molecule has 0 radical (unpaired) electrons. The van der Waals surface area contributed by atoms with Gasteiger partial charge in [-0.05, 0) is 87.0 Å². The predicted octanol–water partition coefficient (Wildman–Crippen LogP) is 13.4. The summed E-state index contributed by atoms with van der Waals surface area (Å²) in [6.07, 6.45) is 0. The van der Waals surface area contributed by atoms with E-state index in [2.05, 4.69) is 211 Å². The molecule has 0 atom stereocenters. The minimum absolute atomic E-state index is 0.173. The molecule has 0 fully saturated rings. The Balaban J connectivity index is 1.13. The Morgan fingerprint density at radius 2 is 0.797 bits per heavy atom. The topological polar surface area (TPSA) is 48.5 Å². The molecule has 59 heavy (non-hydrogen) atoms. The number of nitrogens with zero attached hydrogens (tertiary/aromatic N) is 5. The van der Waals surface area contributed by atoms with Crippen LogP contribution in [0.5, 0.6) is 0 Å². The van der Waals surface area contributed by atoms with E-state index < -0.39 is 0 Å². The van der Waals surface area contributed by atoms with Gasteiger partial charge in [0.15, 0.2) is 5.82 Å². The highest BCUT2D eigenvalue weighted by molar-refractivity contribution is 6.11. The van der Waals surface area contributed by atoms with Gasteiger partial charge in [-0.3, -0.25) is 9.13 Å². The first kappa shape index (κ1) is 33.5. The highest BCUT2D eigenvalue weighted by Gasteiger charge is 2.35. The summed E-state index contributed by atoms with van der Waals surface area (Å²) < 4.78 is 4.42. The minimum atomic E-state index is -0.173. The summed E-state index contributed by atoms with van der Waals surface area (Å²) in [5.74, 6) is 1.76. The van der Waals surface area contributed by atoms with E-state index >= 15 is 0 Å². The van der Waals surface area contributed by atoms with Crippen molar-refractivity contribution >= 4 is 43.6 Å². The molecule has 0 aliphatic heterocycles. The smallest absolute Gasteiger partial charge is 0.240 e. The van der Waals surface area contributed by atoms with Crippen LogP contribution in [0.4, 0.5) is 0 Å². The highest BCUT2D eigenvalue weighted by Crippen LogP contribution is 2.49. The molecule has 1 aliphatic carbocycles. The molecule has 0 saturated carbocycles. The van der Waals surface area contributed by atoms with Gasteiger partial charge in [0, 0.05) is 32.5 Å².